The lowest BCUT2D eigenvalue weighted by Gasteiger charge is -2.30. The smallest absolute Gasteiger partial charge is 0.391 e. The molecule has 1 rings (SSSR count). The molecule has 0 radical (unpaired) electrons. The first-order valence-electron chi connectivity index (χ1n) is 6.72. The predicted octanol–water partition coefficient (Wildman–Crippen LogP) is 2.58. The van der Waals surface area contributed by atoms with Crippen molar-refractivity contribution in [3.05, 3.63) is 0 Å². The highest BCUT2D eigenvalue weighted by Gasteiger charge is 2.44. The van der Waals surface area contributed by atoms with E-state index in [9.17, 15) is 22.8 Å². The van der Waals surface area contributed by atoms with Crippen LogP contribution in [0, 0.1) is 17.8 Å². The van der Waals surface area contributed by atoms with Crippen molar-refractivity contribution in [2.24, 2.45) is 17.8 Å². The van der Waals surface area contributed by atoms with Gasteiger partial charge in [0.15, 0.2) is 0 Å². The minimum absolute atomic E-state index is 0.0415. The van der Waals surface area contributed by atoms with Gasteiger partial charge in [0.1, 0.15) is 6.04 Å². The first kappa shape index (κ1) is 16.8. The number of carboxylic acid groups (broad SMARTS) is 1. The summed E-state index contributed by atoms with van der Waals surface area (Å²) in [5, 5.41) is 11.3. The lowest BCUT2D eigenvalue weighted by molar-refractivity contribution is -0.186. The molecule has 1 amide bonds. The Bertz CT molecular complexity index is 368. The summed E-state index contributed by atoms with van der Waals surface area (Å²) < 4.78 is 38.0. The van der Waals surface area contributed by atoms with Crippen molar-refractivity contribution in [3.8, 4) is 0 Å². The second-order valence-electron chi connectivity index (χ2n) is 5.67. The summed E-state index contributed by atoms with van der Waals surface area (Å²) in [6.07, 6.45) is -3.78. The molecule has 0 bridgehead atoms. The number of carboxylic acids is 1. The standard InChI is InChI=1S/C13H20F3NO3/c1-7(2)10(12(19)20)17-11(18)8-4-3-5-9(6-8)13(14,15)16/h7-10H,3-6H2,1-2H3,(H,17,18)(H,19,20). The van der Waals surface area contributed by atoms with E-state index >= 15 is 0 Å². The van der Waals surface area contributed by atoms with Gasteiger partial charge in [-0.2, -0.15) is 13.2 Å². The fourth-order valence-corrected chi connectivity index (χ4v) is 2.51. The number of hydrogen-bond acceptors (Lipinski definition) is 2. The Morgan fingerprint density at radius 1 is 1.25 bits per heavy atom. The van der Waals surface area contributed by atoms with Crippen LogP contribution in [0.2, 0.25) is 0 Å². The van der Waals surface area contributed by atoms with E-state index in [0.717, 1.165) is 0 Å². The third-order valence-electron chi connectivity index (χ3n) is 3.74. The van der Waals surface area contributed by atoms with Crippen molar-refractivity contribution in [3.63, 3.8) is 0 Å². The fraction of sp³-hybridized carbons (Fsp3) is 0.846. The van der Waals surface area contributed by atoms with Gasteiger partial charge in [0.25, 0.3) is 0 Å². The summed E-state index contributed by atoms with van der Waals surface area (Å²) in [5.41, 5.74) is 0. The third kappa shape index (κ3) is 4.38. The van der Waals surface area contributed by atoms with Crippen molar-refractivity contribution < 1.29 is 27.9 Å². The lowest BCUT2D eigenvalue weighted by Crippen LogP contribution is -2.47. The van der Waals surface area contributed by atoms with Gasteiger partial charge < -0.3 is 10.4 Å². The highest BCUT2D eigenvalue weighted by Crippen LogP contribution is 2.39. The van der Waals surface area contributed by atoms with Gasteiger partial charge in [-0.25, -0.2) is 4.79 Å². The highest BCUT2D eigenvalue weighted by atomic mass is 19.4. The summed E-state index contributed by atoms with van der Waals surface area (Å²) in [4.78, 5) is 22.9. The molecule has 0 saturated heterocycles. The van der Waals surface area contributed by atoms with Crippen LogP contribution in [0.15, 0.2) is 0 Å². The van der Waals surface area contributed by atoms with Crippen molar-refractivity contribution >= 4 is 11.9 Å². The number of carbonyl (C=O) groups excluding carboxylic acids is 1. The van der Waals surface area contributed by atoms with E-state index < -0.39 is 35.9 Å². The van der Waals surface area contributed by atoms with Crippen LogP contribution < -0.4 is 5.32 Å². The highest BCUT2D eigenvalue weighted by molar-refractivity contribution is 5.85. The zero-order chi connectivity index (χ0) is 15.5. The number of aliphatic carboxylic acids is 1. The van der Waals surface area contributed by atoms with Crippen molar-refractivity contribution in [2.75, 3.05) is 0 Å². The summed E-state index contributed by atoms with van der Waals surface area (Å²) in [6, 6.07) is -1.06. The molecule has 116 valence electrons. The maximum absolute atomic E-state index is 12.7. The van der Waals surface area contributed by atoms with Crippen LogP contribution in [0.3, 0.4) is 0 Å². The molecule has 0 heterocycles. The van der Waals surface area contributed by atoms with Crippen LogP contribution in [0.4, 0.5) is 13.2 Å². The molecule has 0 aromatic heterocycles. The largest absolute Gasteiger partial charge is 0.480 e. The van der Waals surface area contributed by atoms with E-state index in [0.29, 0.717) is 12.8 Å². The molecule has 0 aliphatic heterocycles. The Balaban J connectivity index is 2.65. The molecule has 0 aromatic rings. The molecule has 1 fully saturated rings. The topological polar surface area (TPSA) is 66.4 Å². The summed E-state index contributed by atoms with van der Waals surface area (Å²) in [5.74, 6) is -4.29. The zero-order valence-electron chi connectivity index (χ0n) is 11.5. The van der Waals surface area contributed by atoms with E-state index in [-0.39, 0.29) is 18.8 Å². The molecular weight excluding hydrogens is 275 g/mol. The van der Waals surface area contributed by atoms with Gasteiger partial charge in [-0.15, -0.1) is 0 Å². The average Bonchev–Trinajstić information content (AvgIpc) is 2.34. The Labute approximate surface area is 115 Å². The van der Waals surface area contributed by atoms with E-state index in [1.807, 2.05) is 0 Å². The third-order valence-corrected chi connectivity index (χ3v) is 3.74. The Hall–Kier alpha value is -1.27. The second-order valence-corrected chi connectivity index (χ2v) is 5.67. The number of amides is 1. The molecule has 1 aliphatic rings. The maximum Gasteiger partial charge on any atom is 0.391 e. The van der Waals surface area contributed by atoms with Crippen LogP contribution in [0.25, 0.3) is 0 Å². The van der Waals surface area contributed by atoms with Crippen LogP contribution >= 0.6 is 0 Å². The molecule has 1 saturated carbocycles. The van der Waals surface area contributed by atoms with Crippen LogP contribution in [0.1, 0.15) is 39.5 Å². The van der Waals surface area contributed by atoms with Gasteiger partial charge in [-0.3, -0.25) is 4.79 Å². The number of nitrogens with one attached hydrogen (secondary N) is 1. The first-order valence-corrected chi connectivity index (χ1v) is 6.72. The number of alkyl halides is 3. The summed E-state index contributed by atoms with van der Waals surface area (Å²) >= 11 is 0. The number of halogens is 3. The van der Waals surface area contributed by atoms with Crippen molar-refractivity contribution in [1.29, 1.82) is 0 Å². The average molecular weight is 295 g/mol. The number of hydrogen-bond donors (Lipinski definition) is 2. The molecule has 2 N–H and O–H groups in total. The van der Waals surface area contributed by atoms with Crippen molar-refractivity contribution in [2.45, 2.75) is 51.7 Å². The molecule has 1 aliphatic carbocycles. The second kappa shape index (κ2) is 6.45. The Kier molecular flexibility index (Phi) is 5.42. The van der Waals surface area contributed by atoms with Gasteiger partial charge in [0.2, 0.25) is 5.91 Å². The molecule has 3 atom stereocenters. The van der Waals surface area contributed by atoms with E-state index in [1.165, 1.54) is 0 Å². The van der Waals surface area contributed by atoms with Gasteiger partial charge >= 0.3 is 12.1 Å². The molecule has 7 heteroatoms. The quantitative estimate of drug-likeness (QED) is 0.837. The molecule has 0 spiro atoms. The van der Waals surface area contributed by atoms with Crippen LogP contribution in [-0.2, 0) is 9.59 Å². The Morgan fingerprint density at radius 3 is 2.30 bits per heavy atom. The fourth-order valence-electron chi connectivity index (χ4n) is 2.51. The van der Waals surface area contributed by atoms with Gasteiger partial charge in [0, 0.05) is 5.92 Å². The SMILES string of the molecule is CC(C)C(NC(=O)C1CCCC(C(F)(F)F)C1)C(=O)O. The molecule has 4 nitrogen and oxygen atoms in total. The molecule has 0 aromatic carbocycles. The summed E-state index contributed by atoms with van der Waals surface area (Å²) in [6.45, 7) is 3.27. The van der Waals surface area contributed by atoms with Gasteiger partial charge in [0.05, 0.1) is 5.92 Å². The van der Waals surface area contributed by atoms with Crippen LogP contribution in [-0.4, -0.2) is 29.2 Å². The van der Waals surface area contributed by atoms with Crippen molar-refractivity contribution in [1.82, 2.24) is 5.32 Å². The lowest BCUT2D eigenvalue weighted by atomic mass is 9.80. The normalized spacial score (nSPS) is 25.3. The number of rotatable bonds is 4. The monoisotopic (exact) mass is 295 g/mol. The molecular formula is C13H20F3NO3. The first-order chi connectivity index (χ1) is 9.12. The van der Waals surface area contributed by atoms with E-state index in [2.05, 4.69) is 5.32 Å². The minimum atomic E-state index is -4.29. The Morgan fingerprint density at radius 2 is 1.85 bits per heavy atom. The number of carbonyl (C=O) groups is 2. The zero-order valence-corrected chi connectivity index (χ0v) is 11.5. The van der Waals surface area contributed by atoms with Crippen LogP contribution in [0.5, 0.6) is 0 Å². The van der Waals surface area contributed by atoms with Gasteiger partial charge in [-0.1, -0.05) is 20.3 Å². The van der Waals surface area contributed by atoms with Gasteiger partial charge in [-0.05, 0) is 25.2 Å². The summed E-state index contributed by atoms with van der Waals surface area (Å²) in [7, 11) is 0. The minimum Gasteiger partial charge on any atom is -0.480 e. The van der Waals surface area contributed by atoms with E-state index in [1.54, 1.807) is 13.8 Å². The molecule has 3 unspecified atom stereocenters. The molecule has 20 heavy (non-hydrogen) atoms. The maximum atomic E-state index is 12.7. The predicted molar refractivity (Wildman–Crippen MR) is 65.9 cm³/mol. The van der Waals surface area contributed by atoms with E-state index in [4.69, 9.17) is 5.11 Å².